The quantitative estimate of drug-likeness (QED) is 0.00983. The van der Waals surface area contributed by atoms with Crippen LogP contribution in [0.2, 0.25) is 0 Å². The highest BCUT2D eigenvalue weighted by Gasteiger charge is 2.32. The number of amides is 7. The van der Waals surface area contributed by atoms with Gasteiger partial charge in [0.1, 0.15) is 47.6 Å². The van der Waals surface area contributed by atoms with Crippen molar-refractivity contribution in [1.82, 2.24) is 16.0 Å². The van der Waals surface area contributed by atoms with E-state index in [0.717, 1.165) is 11.1 Å². The van der Waals surface area contributed by atoms with Gasteiger partial charge < -0.3 is 72.9 Å². The minimum atomic E-state index is -1.87. The third kappa shape index (κ3) is 27.3. The Balaban J connectivity index is 1.58. The molecule has 0 aliphatic rings. The van der Waals surface area contributed by atoms with Crippen molar-refractivity contribution in [3.63, 3.8) is 0 Å². The number of anilines is 3. The Morgan fingerprint density at radius 1 is 0.551 bits per heavy atom. The van der Waals surface area contributed by atoms with E-state index in [9.17, 15) is 48.6 Å². The molecule has 3 atom stereocenters. The molecule has 0 aliphatic carbocycles. The topological polar surface area (TPSA) is 429 Å². The van der Waals surface area contributed by atoms with Gasteiger partial charge in [-0.15, -0.1) is 0 Å². The predicted molar refractivity (Wildman–Crippen MR) is 373 cm³/mol. The second-order valence-electron chi connectivity index (χ2n) is 25.4. The molecule has 0 aromatic heterocycles. The van der Waals surface area contributed by atoms with Crippen LogP contribution in [0, 0.1) is 23.7 Å². The first-order chi connectivity index (χ1) is 46.5. The molecule has 1 unspecified atom stereocenters. The molecule has 5 aromatic rings. The van der Waals surface area contributed by atoms with Gasteiger partial charge in [-0.2, -0.15) is 0 Å². The van der Waals surface area contributed by atoms with E-state index in [1.807, 2.05) is 52.0 Å². The van der Waals surface area contributed by atoms with Gasteiger partial charge in [0.2, 0.25) is 17.7 Å². The Labute approximate surface area is 571 Å². The number of hydrogen-bond acceptors (Lipinski definition) is 15. The lowest BCUT2D eigenvalue weighted by molar-refractivity contribution is -0.140. The van der Waals surface area contributed by atoms with Gasteiger partial charge in [0.15, 0.2) is 0 Å². The van der Waals surface area contributed by atoms with Crippen LogP contribution in [-0.4, -0.2) is 112 Å². The molecule has 0 aliphatic heterocycles. The predicted octanol–water partition coefficient (Wildman–Crippen LogP) is 9.85. The number of benzene rings is 5. The number of ether oxygens (including phenoxy) is 4. The number of primary amides is 1. The number of hydrogen-bond donors (Lipinski definition) is 13. The Kier molecular flexibility index (Phi) is 31.0. The molecule has 0 spiro atoms. The van der Waals surface area contributed by atoms with Crippen molar-refractivity contribution in [3.8, 4) is 17.2 Å². The van der Waals surface area contributed by atoms with E-state index in [1.165, 1.54) is 36.4 Å². The maximum atomic E-state index is 15.2. The van der Waals surface area contributed by atoms with Gasteiger partial charge in [-0.25, -0.2) is 4.79 Å². The molecule has 26 heteroatoms. The van der Waals surface area contributed by atoms with Crippen LogP contribution in [0.15, 0.2) is 97.1 Å². The average molecular weight is 1350 g/mol. The van der Waals surface area contributed by atoms with Crippen LogP contribution in [0.3, 0.4) is 0 Å². The third-order valence-corrected chi connectivity index (χ3v) is 15.1. The van der Waals surface area contributed by atoms with Crippen LogP contribution in [0.1, 0.15) is 184 Å². The Morgan fingerprint density at radius 2 is 1.10 bits per heavy atom. The zero-order chi connectivity index (χ0) is 72.1. The zero-order valence-corrected chi connectivity index (χ0v) is 56.9. The summed E-state index contributed by atoms with van der Waals surface area (Å²) in [6, 6.07) is 21.9. The molecule has 0 fully saturated rings. The second kappa shape index (κ2) is 38.9. The molecule has 26 nitrogen and oxygen atoms in total. The monoisotopic (exact) mass is 1350 g/mol. The van der Waals surface area contributed by atoms with Gasteiger partial charge in [0, 0.05) is 42.4 Å². The lowest BCUT2D eigenvalue weighted by atomic mass is 9.98. The first-order valence-electron chi connectivity index (χ1n) is 32.9. The summed E-state index contributed by atoms with van der Waals surface area (Å²) in [6.07, 6.45) is 2.71. The molecule has 0 saturated carbocycles. The molecule has 528 valence electrons. The van der Waals surface area contributed by atoms with Crippen LogP contribution in [0.4, 0.5) is 21.9 Å². The lowest BCUT2D eigenvalue weighted by Crippen LogP contribution is -2.57. The molecule has 0 bridgehead atoms. The third-order valence-electron chi connectivity index (χ3n) is 15.1. The number of carboxylic acids is 2. The molecule has 5 aromatic carbocycles. The van der Waals surface area contributed by atoms with E-state index in [-0.39, 0.29) is 101 Å². The minimum absolute atomic E-state index is 0.00986. The van der Waals surface area contributed by atoms with Crippen LogP contribution in [0.25, 0.3) is 0 Å². The molecule has 0 saturated heterocycles. The van der Waals surface area contributed by atoms with Crippen LogP contribution < -0.4 is 63.3 Å². The Hall–Kier alpha value is -10.5. The molecular formula is C72H95N11O15. The largest absolute Gasteiger partial charge is 0.491 e. The van der Waals surface area contributed by atoms with Crippen LogP contribution in [0.5, 0.6) is 17.2 Å². The summed E-state index contributed by atoms with van der Waals surface area (Å²) >= 11 is 0. The van der Waals surface area contributed by atoms with Gasteiger partial charge in [0.25, 0.3) is 17.7 Å². The molecule has 7 amide bonds. The summed E-state index contributed by atoms with van der Waals surface area (Å²) in [6.45, 7) is 13.3. The maximum absolute atomic E-state index is 15.2. The van der Waals surface area contributed by atoms with Gasteiger partial charge in [0.05, 0.1) is 48.4 Å². The molecule has 16 N–H and O–H groups in total. The first-order valence-corrected chi connectivity index (χ1v) is 32.9. The number of unbranched alkanes of at least 4 members (excludes halogenated alkanes) is 5. The van der Waals surface area contributed by atoms with Crippen molar-refractivity contribution in [2.45, 2.75) is 182 Å². The molecule has 0 heterocycles. The summed E-state index contributed by atoms with van der Waals surface area (Å²) < 4.78 is 24.6. The van der Waals surface area contributed by atoms with E-state index < -0.39 is 96.5 Å². The fourth-order valence-electron chi connectivity index (χ4n) is 10.0. The van der Waals surface area contributed by atoms with E-state index in [2.05, 4.69) is 31.9 Å². The van der Waals surface area contributed by atoms with E-state index in [1.54, 1.807) is 57.2 Å². The number of carbonyl (C=O) groups is 9. The number of aryl methyl sites for hydroxylation is 3. The van der Waals surface area contributed by atoms with Crippen molar-refractivity contribution in [2.75, 3.05) is 29.2 Å². The number of rotatable bonds is 41. The normalized spacial score (nSPS) is 12.0. The number of nitrogens with two attached hydrogens (primary N) is 3. The van der Waals surface area contributed by atoms with E-state index >= 15 is 4.79 Å². The van der Waals surface area contributed by atoms with Gasteiger partial charge >= 0.3 is 18.0 Å². The summed E-state index contributed by atoms with van der Waals surface area (Å²) in [5, 5.41) is 51.4. The molecule has 5 rings (SSSR count). The molecule has 0 radical (unpaired) electrons. The zero-order valence-electron chi connectivity index (χ0n) is 56.9. The van der Waals surface area contributed by atoms with Crippen molar-refractivity contribution in [3.05, 3.63) is 142 Å². The van der Waals surface area contributed by atoms with Crippen molar-refractivity contribution < 1.29 is 72.3 Å². The van der Waals surface area contributed by atoms with Gasteiger partial charge in [-0.1, -0.05) is 100 Å². The number of carbonyl (C=O) groups excluding carboxylic acids is 7. The summed E-state index contributed by atoms with van der Waals surface area (Å²) in [5.41, 5.74) is 20.4. The highest BCUT2D eigenvalue weighted by molar-refractivity contribution is 6.10. The fraction of sp³-hybridized carbons (Fsp3) is 0.431. The van der Waals surface area contributed by atoms with Crippen LogP contribution >= 0.6 is 0 Å². The van der Waals surface area contributed by atoms with Gasteiger partial charge in [-0.3, -0.25) is 54.5 Å². The maximum Gasteiger partial charge on any atom is 0.412 e. The van der Waals surface area contributed by atoms with E-state index in [0.29, 0.717) is 87.3 Å². The number of amidine groups is 2. The Bertz CT molecular complexity index is 3610. The van der Waals surface area contributed by atoms with Crippen molar-refractivity contribution in [1.29, 1.82) is 10.8 Å². The van der Waals surface area contributed by atoms with E-state index in [4.69, 9.17) is 47.0 Å². The average Bonchev–Trinajstić information content (AvgIpc) is 0.798. The molecule has 98 heavy (non-hydrogen) atoms. The van der Waals surface area contributed by atoms with Crippen LogP contribution in [-0.2, 0) is 54.6 Å². The number of aliphatic carboxylic acids is 2. The number of nitrogens with one attached hydrogen (secondary N) is 8. The second-order valence-corrected chi connectivity index (χ2v) is 25.4. The number of carboxylic acid groups (broad SMARTS) is 2. The van der Waals surface area contributed by atoms with Gasteiger partial charge in [-0.05, 0) is 150 Å². The highest BCUT2D eigenvalue weighted by atomic mass is 16.6. The Morgan fingerprint density at radius 3 is 1.64 bits per heavy atom. The first kappa shape index (κ1) is 78.2. The summed E-state index contributed by atoms with van der Waals surface area (Å²) in [7, 11) is 0. The smallest absolute Gasteiger partial charge is 0.412 e. The van der Waals surface area contributed by atoms with Crippen molar-refractivity contribution >= 4 is 82.2 Å². The summed E-state index contributed by atoms with van der Waals surface area (Å²) in [4.78, 5) is 122. The molecular weight excluding hydrogens is 1260 g/mol. The van der Waals surface area contributed by atoms with Crippen molar-refractivity contribution in [2.24, 2.45) is 23.1 Å². The lowest BCUT2D eigenvalue weighted by Gasteiger charge is -2.24. The minimum Gasteiger partial charge on any atom is -0.491 e. The summed E-state index contributed by atoms with van der Waals surface area (Å²) in [5.74, 6) is -7.82. The standard InChI is InChI=1S/C72H95N11O15/c1-8-9-33-95-57-38-50(67(90)80-55(40-62(86)87)70(93)78-53(31-32-61(84)85)69(92)79-54(65(77)88)34-45-19-13-10-14-20-45)35-47(21-15-11-17-23-59(73)74)63(57)83-68(91)51-36-48(22-16-12-18-24-60(75)76)64(58(39-51)96-41-43(2)3)82-66(89)49-29-30-52(81-71(94)98-72(5,6)7)56(37-49)97-42-46-27-25-44(4)26-28-46/h10,13-14,19-20,25-30,35-39,43,53-55H,8-9,11-12,15-18,21-24,31-34,40-42H2,1-7H3,(H3,73,74)(H3,75,76)(H2,77,88)(H,78,93)(H,79,92)(H,80,90)(H,81,94)(H,82,89)(H,83,91)(H,84,85)(H,86,87)/t53?,54-,55-/m0/s1. The fourth-order valence-corrected chi connectivity index (χ4v) is 10.0. The highest BCUT2D eigenvalue weighted by Crippen LogP contribution is 2.37. The SMILES string of the molecule is CCCCOc1cc(C(=O)N[C@@H](CC(=O)O)C(=O)NC(CCC(=O)O)C(=O)N[C@@H](Cc2ccccc2)C(N)=O)cc(CCCCCC(=N)N)c1NC(=O)c1cc(CCCCCC(=N)N)c(NC(=O)c2ccc(NC(=O)OC(C)(C)C)c(OCc3ccc(C)cc3)c2)c(OCC(C)C)c1.